The Morgan fingerprint density at radius 3 is 2.69 bits per heavy atom. The normalized spacial score (nSPS) is 27.4. The monoisotopic (exact) mass is 415 g/mol. The van der Waals surface area contributed by atoms with Crippen molar-refractivity contribution >= 4 is 53.3 Å². The maximum atomic E-state index is 13.0. The van der Waals surface area contributed by atoms with Gasteiger partial charge in [-0.2, -0.15) is 0 Å². The molecular weight excluding hydrogens is 393 g/mol. The van der Waals surface area contributed by atoms with Crippen molar-refractivity contribution in [1.82, 2.24) is 10.2 Å². The molecular formula is C18H23Cl2N3O2S. The molecule has 142 valence electrons. The van der Waals surface area contributed by atoms with Crippen LogP contribution in [0, 0.1) is 5.92 Å². The molecule has 0 aromatic heterocycles. The number of hydrogen-bond donors (Lipinski definition) is 1. The summed E-state index contributed by atoms with van der Waals surface area (Å²) >= 11 is 7.83. The summed E-state index contributed by atoms with van der Waals surface area (Å²) in [4.78, 5) is 30.0. The molecule has 5 nitrogen and oxygen atoms in total. The van der Waals surface area contributed by atoms with Crippen LogP contribution in [0.25, 0.3) is 0 Å². The fraction of sp³-hybridized carbons (Fsp3) is 0.556. The smallest absolute Gasteiger partial charge is 0.252 e. The fourth-order valence-electron chi connectivity index (χ4n) is 4.07. The van der Waals surface area contributed by atoms with E-state index in [1.165, 1.54) is 0 Å². The molecule has 3 saturated heterocycles. The number of carbonyl (C=O) groups excluding carboxylic acids is 2. The number of rotatable bonds is 2. The Morgan fingerprint density at radius 2 is 2.04 bits per heavy atom. The Bertz CT molecular complexity index is 723. The van der Waals surface area contributed by atoms with Crippen molar-refractivity contribution in [1.29, 1.82) is 0 Å². The van der Waals surface area contributed by atoms with Crippen LogP contribution in [0.4, 0.5) is 5.69 Å². The summed E-state index contributed by atoms with van der Waals surface area (Å²) < 4.78 is 0. The number of halogens is 2. The first-order valence-electron chi connectivity index (χ1n) is 8.79. The van der Waals surface area contributed by atoms with Crippen LogP contribution in [-0.4, -0.2) is 55.2 Å². The topological polar surface area (TPSA) is 52.7 Å². The van der Waals surface area contributed by atoms with E-state index in [1.807, 2.05) is 0 Å². The molecule has 0 radical (unpaired) electrons. The van der Waals surface area contributed by atoms with Gasteiger partial charge in [0.2, 0.25) is 5.91 Å². The highest BCUT2D eigenvalue weighted by atomic mass is 35.5. The standard InChI is InChI=1S/C18H22ClN3O2S.ClH/c1-21-15-9-12(19)8-13(17(15)25-7-4-16(21)23)18(24)20-14-10-22-5-2-11(14)3-6-22;/h8-9,11,14H,2-7,10H2,1H3,(H,20,24);1H. The van der Waals surface area contributed by atoms with Gasteiger partial charge in [0, 0.05) is 41.7 Å². The molecule has 2 amide bonds. The van der Waals surface area contributed by atoms with Crippen molar-refractivity contribution in [2.75, 3.05) is 37.3 Å². The second-order valence-corrected chi connectivity index (χ2v) is 8.61. The largest absolute Gasteiger partial charge is 0.348 e. The number of thioether (sulfide) groups is 1. The first kappa shape index (κ1) is 19.8. The van der Waals surface area contributed by atoms with Gasteiger partial charge in [0.1, 0.15) is 0 Å². The zero-order chi connectivity index (χ0) is 17.6. The molecule has 1 atom stereocenters. The number of hydrogen-bond acceptors (Lipinski definition) is 4. The van der Waals surface area contributed by atoms with Gasteiger partial charge in [0.05, 0.1) is 11.3 Å². The molecule has 4 aliphatic rings. The molecule has 0 aliphatic carbocycles. The average molecular weight is 416 g/mol. The summed E-state index contributed by atoms with van der Waals surface area (Å²) in [6, 6.07) is 3.71. The molecule has 26 heavy (non-hydrogen) atoms. The van der Waals surface area contributed by atoms with Gasteiger partial charge in [-0.1, -0.05) is 11.6 Å². The molecule has 4 heterocycles. The SMILES string of the molecule is CN1C(=O)CCSc2c(C(=O)NC3CN4CCC3CC4)cc(Cl)cc21.Cl. The van der Waals surface area contributed by atoms with Crippen molar-refractivity contribution in [3.8, 4) is 0 Å². The third kappa shape index (κ3) is 3.70. The third-order valence-electron chi connectivity index (χ3n) is 5.55. The minimum absolute atomic E-state index is 0. The van der Waals surface area contributed by atoms with Crippen LogP contribution in [0.5, 0.6) is 0 Å². The molecule has 1 aromatic carbocycles. The minimum Gasteiger partial charge on any atom is -0.348 e. The summed E-state index contributed by atoms with van der Waals surface area (Å²) in [6.45, 7) is 3.23. The first-order valence-corrected chi connectivity index (χ1v) is 10.2. The van der Waals surface area contributed by atoms with Gasteiger partial charge < -0.3 is 15.1 Å². The van der Waals surface area contributed by atoms with E-state index in [9.17, 15) is 9.59 Å². The molecule has 8 heteroatoms. The number of nitrogens with one attached hydrogen (secondary N) is 1. The van der Waals surface area contributed by atoms with Crippen LogP contribution in [0.1, 0.15) is 29.6 Å². The quantitative estimate of drug-likeness (QED) is 0.806. The Morgan fingerprint density at radius 1 is 1.31 bits per heavy atom. The number of nitrogens with zero attached hydrogens (tertiary/aromatic N) is 2. The molecule has 5 rings (SSSR count). The lowest BCUT2D eigenvalue weighted by Gasteiger charge is -2.45. The van der Waals surface area contributed by atoms with E-state index in [-0.39, 0.29) is 30.3 Å². The van der Waals surface area contributed by atoms with Gasteiger partial charge >= 0.3 is 0 Å². The zero-order valence-electron chi connectivity index (χ0n) is 14.7. The number of anilines is 1. The second kappa shape index (κ2) is 7.97. The summed E-state index contributed by atoms with van der Waals surface area (Å²) in [5, 5.41) is 3.72. The summed E-state index contributed by atoms with van der Waals surface area (Å²) in [6.07, 6.45) is 2.78. The summed E-state index contributed by atoms with van der Waals surface area (Å²) in [5.41, 5.74) is 1.32. The van der Waals surface area contributed by atoms with Gasteiger partial charge in [-0.25, -0.2) is 0 Å². The second-order valence-electron chi connectivity index (χ2n) is 7.07. The van der Waals surface area contributed by atoms with Crippen LogP contribution in [0.2, 0.25) is 5.02 Å². The van der Waals surface area contributed by atoms with E-state index in [2.05, 4.69) is 10.2 Å². The van der Waals surface area contributed by atoms with Gasteiger partial charge in [0.25, 0.3) is 5.91 Å². The van der Waals surface area contributed by atoms with Crippen LogP contribution < -0.4 is 10.2 Å². The van der Waals surface area contributed by atoms with Crippen molar-refractivity contribution in [3.05, 3.63) is 22.7 Å². The van der Waals surface area contributed by atoms with Crippen LogP contribution in [0.3, 0.4) is 0 Å². The molecule has 4 aliphatic heterocycles. The lowest BCUT2D eigenvalue weighted by molar-refractivity contribution is -0.117. The molecule has 1 N–H and O–H groups in total. The minimum atomic E-state index is -0.0762. The highest BCUT2D eigenvalue weighted by Gasteiger charge is 2.35. The van der Waals surface area contributed by atoms with E-state index in [4.69, 9.17) is 11.6 Å². The van der Waals surface area contributed by atoms with Crippen molar-refractivity contribution < 1.29 is 9.59 Å². The van der Waals surface area contributed by atoms with Gasteiger partial charge in [-0.3, -0.25) is 9.59 Å². The summed E-state index contributed by atoms with van der Waals surface area (Å²) in [5.74, 6) is 1.23. The van der Waals surface area contributed by atoms with Gasteiger partial charge in [-0.05, 0) is 44.0 Å². The Kier molecular flexibility index (Phi) is 6.07. The van der Waals surface area contributed by atoms with Gasteiger partial charge in [0.15, 0.2) is 0 Å². The van der Waals surface area contributed by atoms with Crippen LogP contribution in [0.15, 0.2) is 17.0 Å². The molecule has 0 spiro atoms. The average Bonchev–Trinajstić information content (AvgIpc) is 2.75. The van der Waals surface area contributed by atoms with E-state index in [1.54, 1.807) is 35.8 Å². The predicted molar refractivity (Wildman–Crippen MR) is 108 cm³/mol. The fourth-order valence-corrected chi connectivity index (χ4v) is 5.41. The molecule has 0 saturated carbocycles. The predicted octanol–water partition coefficient (Wildman–Crippen LogP) is 3.04. The van der Waals surface area contributed by atoms with E-state index >= 15 is 0 Å². The number of benzene rings is 1. The van der Waals surface area contributed by atoms with Crippen molar-refractivity contribution in [2.45, 2.75) is 30.2 Å². The summed E-state index contributed by atoms with van der Waals surface area (Å²) in [7, 11) is 1.75. The number of fused-ring (bicyclic) bond motifs is 4. The zero-order valence-corrected chi connectivity index (χ0v) is 17.1. The lowest BCUT2D eigenvalue weighted by atomic mass is 9.84. The van der Waals surface area contributed by atoms with E-state index in [0.717, 1.165) is 43.1 Å². The van der Waals surface area contributed by atoms with Crippen molar-refractivity contribution in [2.24, 2.45) is 5.92 Å². The lowest BCUT2D eigenvalue weighted by Crippen LogP contribution is -2.57. The maximum Gasteiger partial charge on any atom is 0.252 e. The van der Waals surface area contributed by atoms with Crippen LogP contribution >= 0.6 is 35.8 Å². The van der Waals surface area contributed by atoms with Crippen molar-refractivity contribution in [3.63, 3.8) is 0 Å². The molecule has 2 bridgehead atoms. The van der Waals surface area contributed by atoms with Gasteiger partial charge in [-0.15, -0.1) is 24.2 Å². The maximum absolute atomic E-state index is 13.0. The highest BCUT2D eigenvalue weighted by molar-refractivity contribution is 7.99. The first-order chi connectivity index (χ1) is 12.0. The highest BCUT2D eigenvalue weighted by Crippen LogP contribution is 2.39. The molecule has 3 fully saturated rings. The third-order valence-corrected chi connectivity index (χ3v) is 6.89. The number of amides is 2. The molecule has 1 unspecified atom stereocenters. The Balaban J connectivity index is 0.00000196. The number of carbonyl (C=O) groups is 2. The van der Waals surface area contributed by atoms with E-state index < -0.39 is 0 Å². The van der Waals surface area contributed by atoms with E-state index in [0.29, 0.717) is 28.7 Å². The number of piperidine rings is 3. The van der Waals surface area contributed by atoms with Crippen LogP contribution in [-0.2, 0) is 4.79 Å². The Labute approximate surface area is 169 Å². The Hall–Kier alpha value is -0.950. The molecule has 1 aromatic rings.